The fourth-order valence-electron chi connectivity index (χ4n) is 5.61. The Labute approximate surface area is 172 Å². The average molecular weight is 373 g/mol. The molecule has 0 fully saturated rings. The van der Waals surface area contributed by atoms with Crippen molar-refractivity contribution in [3.63, 3.8) is 0 Å². The number of fused-ring (bicyclic) bond motifs is 10. The smallest absolute Gasteiger partial charge is 0.0725 e. The minimum Gasteiger partial charge on any atom is -0.305 e. The van der Waals surface area contributed by atoms with E-state index in [0.29, 0.717) is 0 Å². The molecule has 0 heterocycles. The molecular weight excluding hydrogens is 350 g/mol. The highest BCUT2D eigenvalue weighted by Crippen LogP contribution is 2.62. The molecule has 0 N–H and O–H groups in total. The number of hydrogen-bond donors (Lipinski definition) is 0. The third-order valence-electron chi connectivity index (χ3n) is 6.56. The summed E-state index contributed by atoms with van der Waals surface area (Å²) in [4.78, 5) is 2.23. The van der Waals surface area contributed by atoms with Crippen LogP contribution in [0.3, 0.4) is 0 Å². The molecule has 0 atom stereocenters. The lowest BCUT2D eigenvalue weighted by atomic mass is 9.70. The minimum atomic E-state index is -0.213. The Morgan fingerprint density at radius 1 is 0.552 bits per heavy atom. The monoisotopic (exact) mass is 373 g/mol. The largest absolute Gasteiger partial charge is 0.305 e. The summed E-state index contributed by atoms with van der Waals surface area (Å²) in [5, 5.41) is 0. The number of rotatable bonds is 2. The van der Waals surface area contributed by atoms with Crippen molar-refractivity contribution in [2.24, 2.45) is 0 Å². The molecule has 2 aliphatic carbocycles. The van der Waals surface area contributed by atoms with Crippen molar-refractivity contribution in [2.75, 3.05) is 14.1 Å². The molecule has 0 aliphatic heterocycles. The van der Waals surface area contributed by atoms with Gasteiger partial charge in [0.2, 0.25) is 0 Å². The molecule has 6 rings (SSSR count). The van der Waals surface area contributed by atoms with Crippen LogP contribution >= 0.6 is 0 Å². The van der Waals surface area contributed by atoms with Gasteiger partial charge in [-0.05, 0) is 70.2 Å². The second kappa shape index (κ2) is 5.92. The lowest BCUT2D eigenvalue weighted by Gasteiger charge is -2.30. The summed E-state index contributed by atoms with van der Waals surface area (Å²) in [5.41, 5.74) is 12.3. The first-order valence-electron chi connectivity index (χ1n) is 10.3. The highest BCUT2D eigenvalue weighted by molar-refractivity contribution is 5.94. The van der Waals surface area contributed by atoms with Gasteiger partial charge in [-0.2, -0.15) is 0 Å². The molecule has 1 spiro atoms. The minimum absolute atomic E-state index is 0.213. The Kier molecular flexibility index (Phi) is 3.42. The van der Waals surface area contributed by atoms with E-state index in [9.17, 15) is 0 Å². The van der Waals surface area contributed by atoms with Crippen molar-refractivity contribution in [1.82, 2.24) is 4.90 Å². The van der Waals surface area contributed by atoms with Crippen LogP contribution in [0.1, 0.15) is 27.8 Å². The molecule has 0 saturated carbocycles. The standard InChI is InChI=1S/C28H23N/c1-29(2)18-19-15-16-27-23(17-19)22-11-5-8-14-26(22)28(27)24-12-6-3-9-20(24)21-10-4-7-13-25(21)28/h3-17H,18H2,1-2H3. The zero-order valence-corrected chi connectivity index (χ0v) is 16.8. The van der Waals surface area contributed by atoms with Crippen LogP contribution in [0.4, 0.5) is 0 Å². The Balaban J connectivity index is 1.75. The van der Waals surface area contributed by atoms with E-state index in [1.165, 1.54) is 50.1 Å². The Bertz CT molecular complexity index is 1220. The topological polar surface area (TPSA) is 3.24 Å². The van der Waals surface area contributed by atoms with E-state index in [1.807, 2.05) is 0 Å². The first-order valence-corrected chi connectivity index (χ1v) is 10.3. The molecule has 1 heteroatoms. The van der Waals surface area contributed by atoms with Crippen molar-refractivity contribution < 1.29 is 0 Å². The molecule has 2 aliphatic rings. The molecule has 0 radical (unpaired) electrons. The van der Waals surface area contributed by atoms with Crippen LogP contribution in [0.25, 0.3) is 22.3 Å². The second-order valence-electron chi connectivity index (χ2n) is 8.50. The summed E-state index contributed by atoms with van der Waals surface area (Å²) in [6, 6.07) is 34.0. The molecule has 0 saturated heterocycles. The van der Waals surface area contributed by atoms with Crippen LogP contribution in [0.2, 0.25) is 0 Å². The van der Waals surface area contributed by atoms with E-state index in [4.69, 9.17) is 0 Å². The summed E-state index contributed by atoms with van der Waals surface area (Å²) in [6.07, 6.45) is 0. The highest BCUT2D eigenvalue weighted by Gasteiger charge is 2.51. The van der Waals surface area contributed by atoms with Crippen LogP contribution in [-0.4, -0.2) is 19.0 Å². The fourth-order valence-corrected chi connectivity index (χ4v) is 5.61. The maximum absolute atomic E-state index is 2.41. The zero-order chi connectivity index (χ0) is 19.6. The van der Waals surface area contributed by atoms with Gasteiger partial charge in [0, 0.05) is 6.54 Å². The van der Waals surface area contributed by atoms with Gasteiger partial charge < -0.3 is 4.90 Å². The second-order valence-corrected chi connectivity index (χ2v) is 8.50. The van der Waals surface area contributed by atoms with Crippen LogP contribution < -0.4 is 0 Å². The summed E-state index contributed by atoms with van der Waals surface area (Å²) in [7, 11) is 4.26. The first kappa shape index (κ1) is 16.8. The molecule has 0 amide bonds. The number of benzene rings is 4. The van der Waals surface area contributed by atoms with Crippen LogP contribution in [0.15, 0.2) is 91.0 Å². The van der Waals surface area contributed by atoms with E-state index >= 15 is 0 Å². The predicted octanol–water partition coefficient (Wildman–Crippen LogP) is 6.09. The molecule has 0 aromatic heterocycles. The maximum Gasteiger partial charge on any atom is 0.0725 e. The molecule has 4 aromatic carbocycles. The molecule has 1 nitrogen and oxygen atoms in total. The van der Waals surface area contributed by atoms with E-state index < -0.39 is 0 Å². The summed E-state index contributed by atoms with van der Waals surface area (Å²) in [5.74, 6) is 0. The van der Waals surface area contributed by atoms with Gasteiger partial charge in [0.05, 0.1) is 5.41 Å². The van der Waals surface area contributed by atoms with Crippen molar-refractivity contribution >= 4 is 0 Å². The Hall–Kier alpha value is -3.16. The van der Waals surface area contributed by atoms with Gasteiger partial charge in [-0.15, -0.1) is 0 Å². The van der Waals surface area contributed by atoms with Gasteiger partial charge in [0.15, 0.2) is 0 Å². The molecule has 29 heavy (non-hydrogen) atoms. The lowest BCUT2D eigenvalue weighted by Crippen LogP contribution is -2.25. The third kappa shape index (κ3) is 2.08. The van der Waals surface area contributed by atoms with Crippen molar-refractivity contribution in [3.8, 4) is 22.3 Å². The fraction of sp³-hybridized carbons (Fsp3) is 0.143. The molecule has 140 valence electrons. The van der Waals surface area contributed by atoms with Gasteiger partial charge in [-0.3, -0.25) is 0 Å². The van der Waals surface area contributed by atoms with Crippen LogP contribution in [0.5, 0.6) is 0 Å². The quantitative estimate of drug-likeness (QED) is 0.355. The van der Waals surface area contributed by atoms with Gasteiger partial charge in [0.1, 0.15) is 0 Å². The normalized spacial score (nSPS) is 14.6. The van der Waals surface area contributed by atoms with E-state index in [0.717, 1.165) is 6.54 Å². The zero-order valence-electron chi connectivity index (χ0n) is 16.8. The van der Waals surface area contributed by atoms with Gasteiger partial charge in [0.25, 0.3) is 0 Å². The first-order chi connectivity index (χ1) is 14.2. The summed E-state index contributed by atoms with van der Waals surface area (Å²) in [6.45, 7) is 0.954. The molecule has 0 bridgehead atoms. The van der Waals surface area contributed by atoms with E-state index in [-0.39, 0.29) is 5.41 Å². The van der Waals surface area contributed by atoms with Crippen molar-refractivity contribution in [2.45, 2.75) is 12.0 Å². The molecular formula is C28H23N. The Morgan fingerprint density at radius 2 is 1.00 bits per heavy atom. The van der Waals surface area contributed by atoms with Crippen molar-refractivity contribution in [1.29, 1.82) is 0 Å². The maximum atomic E-state index is 2.41. The molecule has 4 aromatic rings. The average Bonchev–Trinajstić information content (AvgIpc) is 3.21. The summed E-state index contributed by atoms with van der Waals surface area (Å²) >= 11 is 0. The highest BCUT2D eigenvalue weighted by atomic mass is 15.0. The van der Waals surface area contributed by atoms with Crippen LogP contribution in [0, 0.1) is 0 Å². The van der Waals surface area contributed by atoms with E-state index in [2.05, 4.69) is 110 Å². The Morgan fingerprint density at radius 3 is 1.52 bits per heavy atom. The van der Waals surface area contributed by atoms with Crippen molar-refractivity contribution in [3.05, 3.63) is 119 Å². The van der Waals surface area contributed by atoms with Gasteiger partial charge in [-0.25, -0.2) is 0 Å². The van der Waals surface area contributed by atoms with Gasteiger partial charge >= 0.3 is 0 Å². The predicted molar refractivity (Wildman–Crippen MR) is 120 cm³/mol. The molecule has 0 unspecified atom stereocenters. The summed E-state index contributed by atoms with van der Waals surface area (Å²) < 4.78 is 0. The van der Waals surface area contributed by atoms with E-state index in [1.54, 1.807) is 0 Å². The number of hydrogen-bond acceptors (Lipinski definition) is 1. The van der Waals surface area contributed by atoms with Crippen LogP contribution in [-0.2, 0) is 12.0 Å². The SMILES string of the molecule is CN(C)Cc1ccc2c(c1)-c1ccccc1C21c2ccccc2-c2ccccc21. The lowest BCUT2D eigenvalue weighted by molar-refractivity contribution is 0.402. The number of nitrogens with zero attached hydrogens (tertiary/aromatic N) is 1. The third-order valence-corrected chi connectivity index (χ3v) is 6.56. The van der Waals surface area contributed by atoms with Gasteiger partial charge in [-0.1, -0.05) is 84.9 Å².